The van der Waals surface area contributed by atoms with Crippen molar-refractivity contribution < 1.29 is 14.3 Å². The summed E-state index contributed by atoms with van der Waals surface area (Å²) >= 11 is 1.63. The van der Waals surface area contributed by atoms with Crippen molar-refractivity contribution in [1.29, 1.82) is 0 Å². The van der Waals surface area contributed by atoms with Gasteiger partial charge in [-0.15, -0.1) is 0 Å². The van der Waals surface area contributed by atoms with Crippen LogP contribution >= 0.6 is 11.8 Å². The molecule has 9 heteroatoms. The van der Waals surface area contributed by atoms with Gasteiger partial charge < -0.3 is 24.8 Å². The highest BCUT2D eigenvalue weighted by Gasteiger charge is 2.37. The van der Waals surface area contributed by atoms with Crippen LogP contribution in [-0.2, 0) is 11.3 Å². The van der Waals surface area contributed by atoms with Gasteiger partial charge in [-0.2, -0.15) is 11.8 Å². The zero-order valence-corrected chi connectivity index (χ0v) is 19.8. The molecule has 176 valence electrons. The summed E-state index contributed by atoms with van der Waals surface area (Å²) in [7, 11) is 1.59. The zero-order chi connectivity index (χ0) is 23.4. The number of pyridine rings is 1. The van der Waals surface area contributed by atoms with E-state index >= 15 is 0 Å². The lowest BCUT2D eigenvalue weighted by Crippen LogP contribution is -2.55. The quantitative estimate of drug-likeness (QED) is 0.649. The standard InChI is InChI=1S/C24H30N4O4S/c1-32-19-8-6-18(7-9-19)25-23(30)20(10-11-33-2)26-24(31)27-13-16-12-17(15-27)21-4-3-5-22(29)28(21)14-16/h3-9,16-17,20H,10-15H2,1-2H3,(H,25,30)(H,26,31)/t16?,17?,20-/m0/s1. The van der Waals surface area contributed by atoms with Crippen molar-refractivity contribution in [3.05, 3.63) is 58.5 Å². The second-order valence-corrected chi connectivity index (χ2v) is 9.59. The number of hydrogen-bond donors (Lipinski definition) is 2. The molecule has 0 saturated carbocycles. The van der Waals surface area contributed by atoms with Crippen molar-refractivity contribution in [3.8, 4) is 5.75 Å². The number of urea groups is 1. The summed E-state index contributed by atoms with van der Waals surface area (Å²) in [4.78, 5) is 40.2. The topological polar surface area (TPSA) is 92.7 Å². The highest BCUT2D eigenvalue weighted by atomic mass is 32.2. The van der Waals surface area contributed by atoms with Crippen LogP contribution in [0.3, 0.4) is 0 Å². The second kappa shape index (κ2) is 10.3. The molecule has 2 unspecified atom stereocenters. The number of carbonyl (C=O) groups is 2. The lowest BCUT2D eigenvalue weighted by atomic mass is 9.83. The summed E-state index contributed by atoms with van der Waals surface area (Å²) < 4.78 is 7.00. The van der Waals surface area contributed by atoms with Crippen molar-refractivity contribution in [2.75, 3.05) is 37.5 Å². The number of ether oxygens (including phenoxy) is 1. The van der Waals surface area contributed by atoms with Gasteiger partial charge in [0, 0.05) is 43.0 Å². The minimum absolute atomic E-state index is 0.0208. The fraction of sp³-hybridized carbons (Fsp3) is 0.458. The Morgan fingerprint density at radius 2 is 1.94 bits per heavy atom. The van der Waals surface area contributed by atoms with Crippen LogP contribution in [0.5, 0.6) is 5.75 Å². The van der Waals surface area contributed by atoms with Crippen LogP contribution in [0, 0.1) is 5.92 Å². The first kappa shape index (κ1) is 23.2. The predicted molar refractivity (Wildman–Crippen MR) is 130 cm³/mol. The Morgan fingerprint density at radius 1 is 1.15 bits per heavy atom. The van der Waals surface area contributed by atoms with E-state index in [-0.39, 0.29) is 29.3 Å². The van der Waals surface area contributed by atoms with E-state index in [1.54, 1.807) is 60.2 Å². The van der Waals surface area contributed by atoms with Crippen molar-refractivity contribution in [2.45, 2.75) is 31.3 Å². The van der Waals surface area contributed by atoms with E-state index in [0.717, 1.165) is 17.9 Å². The molecular weight excluding hydrogens is 440 g/mol. The molecular formula is C24H30N4O4S. The molecule has 4 rings (SSSR count). The average Bonchev–Trinajstić information content (AvgIpc) is 2.82. The highest BCUT2D eigenvalue weighted by molar-refractivity contribution is 7.98. The van der Waals surface area contributed by atoms with E-state index in [0.29, 0.717) is 37.5 Å². The number of nitrogens with one attached hydrogen (secondary N) is 2. The van der Waals surface area contributed by atoms with E-state index in [2.05, 4.69) is 10.6 Å². The molecule has 2 aliphatic heterocycles. The Morgan fingerprint density at radius 3 is 2.67 bits per heavy atom. The number of fused-ring (bicyclic) bond motifs is 4. The van der Waals surface area contributed by atoms with Gasteiger partial charge >= 0.3 is 6.03 Å². The smallest absolute Gasteiger partial charge is 0.318 e. The predicted octanol–water partition coefficient (Wildman–Crippen LogP) is 2.75. The minimum atomic E-state index is -0.635. The number of likely N-dealkylation sites (tertiary alicyclic amines) is 1. The number of nitrogens with zero attached hydrogens (tertiary/aromatic N) is 2. The van der Waals surface area contributed by atoms with E-state index < -0.39 is 6.04 Å². The molecule has 0 spiro atoms. The molecule has 1 aromatic carbocycles. The van der Waals surface area contributed by atoms with Gasteiger partial charge in [-0.05, 0) is 61.1 Å². The first-order chi connectivity index (χ1) is 16.0. The van der Waals surface area contributed by atoms with Gasteiger partial charge in [0.15, 0.2) is 0 Å². The Labute approximate surface area is 197 Å². The lowest BCUT2D eigenvalue weighted by molar-refractivity contribution is -0.118. The highest BCUT2D eigenvalue weighted by Crippen LogP contribution is 2.34. The maximum atomic E-state index is 13.2. The summed E-state index contributed by atoms with van der Waals surface area (Å²) in [5.74, 6) is 1.59. The van der Waals surface area contributed by atoms with Crippen LogP contribution in [0.2, 0.25) is 0 Å². The number of methoxy groups -OCH3 is 1. The van der Waals surface area contributed by atoms with Gasteiger partial charge in [0.1, 0.15) is 11.8 Å². The number of piperidine rings is 1. The third kappa shape index (κ3) is 5.35. The van der Waals surface area contributed by atoms with Crippen molar-refractivity contribution >= 4 is 29.4 Å². The van der Waals surface area contributed by atoms with Crippen LogP contribution in [0.4, 0.5) is 10.5 Å². The van der Waals surface area contributed by atoms with Crippen LogP contribution < -0.4 is 20.9 Å². The second-order valence-electron chi connectivity index (χ2n) is 8.60. The molecule has 1 fully saturated rings. The summed E-state index contributed by atoms with van der Waals surface area (Å²) in [5, 5.41) is 5.85. The maximum absolute atomic E-state index is 13.2. The van der Waals surface area contributed by atoms with Crippen LogP contribution in [0.1, 0.15) is 24.5 Å². The first-order valence-corrected chi connectivity index (χ1v) is 12.6. The number of amides is 3. The first-order valence-electron chi connectivity index (χ1n) is 11.2. The summed E-state index contributed by atoms with van der Waals surface area (Å²) in [6.45, 7) is 1.75. The van der Waals surface area contributed by atoms with Crippen LogP contribution in [0.15, 0.2) is 47.3 Å². The average molecular weight is 471 g/mol. The van der Waals surface area contributed by atoms with Gasteiger partial charge in [-0.25, -0.2) is 4.79 Å². The number of carbonyl (C=O) groups excluding carboxylic acids is 2. The SMILES string of the molecule is COc1ccc(NC(=O)[C@H](CCSC)NC(=O)N2CC3CC(C2)c2cccc(=O)n2C3)cc1. The molecule has 3 amide bonds. The van der Waals surface area contributed by atoms with Gasteiger partial charge in [0.05, 0.1) is 7.11 Å². The molecule has 2 aliphatic rings. The Kier molecular flexibility index (Phi) is 7.27. The summed E-state index contributed by atoms with van der Waals surface area (Å²) in [5.41, 5.74) is 1.67. The van der Waals surface area contributed by atoms with Crippen molar-refractivity contribution in [1.82, 2.24) is 14.8 Å². The fourth-order valence-electron chi connectivity index (χ4n) is 4.71. The van der Waals surface area contributed by atoms with Crippen molar-refractivity contribution in [3.63, 3.8) is 0 Å². The molecule has 2 aromatic rings. The third-order valence-electron chi connectivity index (χ3n) is 6.35. The number of anilines is 1. The van der Waals surface area contributed by atoms with E-state index in [9.17, 15) is 14.4 Å². The normalized spacial score (nSPS) is 19.9. The lowest BCUT2D eigenvalue weighted by Gasteiger charge is -2.43. The fourth-order valence-corrected chi connectivity index (χ4v) is 5.18. The number of thioether (sulfide) groups is 1. The molecule has 0 aliphatic carbocycles. The van der Waals surface area contributed by atoms with Gasteiger partial charge in [0.25, 0.3) is 5.56 Å². The minimum Gasteiger partial charge on any atom is -0.497 e. The molecule has 1 aromatic heterocycles. The molecule has 1 saturated heterocycles. The van der Waals surface area contributed by atoms with E-state index in [4.69, 9.17) is 4.74 Å². The molecule has 33 heavy (non-hydrogen) atoms. The molecule has 2 bridgehead atoms. The van der Waals surface area contributed by atoms with Crippen LogP contribution in [0.25, 0.3) is 0 Å². The summed E-state index contributed by atoms with van der Waals surface area (Å²) in [6.07, 6.45) is 3.49. The van der Waals surface area contributed by atoms with Crippen molar-refractivity contribution in [2.24, 2.45) is 5.92 Å². The number of rotatable bonds is 7. The number of benzene rings is 1. The van der Waals surface area contributed by atoms with Gasteiger partial charge in [-0.3, -0.25) is 9.59 Å². The number of aromatic nitrogens is 1. The van der Waals surface area contributed by atoms with E-state index in [1.807, 2.05) is 16.9 Å². The Balaban J connectivity index is 1.42. The van der Waals surface area contributed by atoms with Crippen LogP contribution in [-0.4, -0.2) is 59.7 Å². The van der Waals surface area contributed by atoms with Gasteiger partial charge in [0.2, 0.25) is 5.91 Å². The largest absolute Gasteiger partial charge is 0.497 e. The zero-order valence-electron chi connectivity index (χ0n) is 19.0. The molecule has 0 radical (unpaired) electrons. The van der Waals surface area contributed by atoms with E-state index in [1.165, 1.54) is 0 Å². The van der Waals surface area contributed by atoms with Gasteiger partial charge in [-0.1, -0.05) is 6.07 Å². The monoisotopic (exact) mass is 470 g/mol. The molecule has 3 atom stereocenters. The third-order valence-corrected chi connectivity index (χ3v) is 6.99. The number of hydrogen-bond acceptors (Lipinski definition) is 5. The maximum Gasteiger partial charge on any atom is 0.318 e. The Hall–Kier alpha value is -2.94. The molecule has 3 heterocycles. The molecule has 8 nitrogen and oxygen atoms in total. The summed E-state index contributed by atoms with van der Waals surface area (Å²) in [6, 6.07) is 11.6. The Bertz CT molecular complexity index is 1060. The molecule has 2 N–H and O–H groups in total.